The molecule has 1 aromatic carbocycles. The highest BCUT2D eigenvalue weighted by Crippen LogP contribution is 2.38. The van der Waals surface area contributed by atoms with Crippen LogP contribution >= 0.6 is 11.6 Å². The number of halogens is 7. The Morgan fingerprint density at radius 3 is 1.86 bits per heavy atom. The van der Waals surface area contributed by atoms with E-state index >= 15 is 0 Å². The largest absolute Gasteiger partial charge is 0.491 e. The van der Waals surface area contributed by atoms with Crippen molar-refractivity contribution in [3.8, 4) is 5.75 Å². The lowest BCUT2D eigenvalue weighted by Crippen LogP contribution is -2.22. The molecule has 1 N–H and O–H groups in total. The maximum atomic E-state index is 12.5. The van der Waals surface area contributed by atoms with Crippen molar-refractivity contribution in [2.24, 2.45) is 0 Å². The number of carbonyl (C=O) groups is 1. The van der Waals surface area contributed by atoms with Gasteiger partial charge in [0, 0.05) is 0 Å². The number of carboxylic acid groups (broad SMARTS) is 1. The van der Waals surface area contributed by atoms with E-state index in [1.54, 1.807) is 0 Å². The van der Waals surface area contributed by atoms with Crippen LogP contribution in [0.4, 0.5) is 26.3 Å². The predicted molar refractivity (Wildman–Crippen MR) is 59.2 cm³/mol. The van der Waals surface area contributed by atoms with Gasteiger partial charge in [-0.2, -0.15) is 26.3 Å². The van der Waals surface area contributed by atoms with Gasteiger partial charge in [0.1, 0.15) is 12.4 Å². The van der Waals surface area contributed by atoms with Gasteiger partial charge < -0.3 is 9.84 Å². The van der Waals surface area contributed by atoms with E-state index in [4.69, 9.17) is 16.7 Å². The van der Waals surface area contributed by atoms with Crippen LogP contribution in [-0.4, -0.2) is 23.1 Å². The van der Waals surface area contributed by atoms with Crippen LogP contribution in [0.25, 0.3) is 0 Å². The molecule has 0 bridgehead atoms. The lowest BCUT2D eigenvalue weighted by atomic mass is 10.1. The van der Waals surface area contributed by atoms with Gasteiger partial charge in [0.15, 0.2) is 5.38 Å². The van der Waals surface area contributed by atoms with Crippen molar-refractivity contribution < 1.29 is 41.0 Å². The van der Waals surface area contributed by atoms with Crippen LogP contribution in [0.2, 0.25) is 0 Å². The molecule has 0 aromatic heterocycles. The standard InChI is InChI=1S/C11H7ClF6O3/c12-8(9(19)20)4-21-7-2-5(10(13,14)15)1-6(3-7)11(16,17)18/h1-3,8H,4H2,(H,19,20). The monoisotopic (exact) mass is 336 g/mol. The summed E-state index contributed by atoms with van der Waals surface area (Å²) in [6.45, 7) is -0.782. The van der Waals surface area contributed by atoms with Crippen molar-refractivity contribution in [1.29, 1.82) is 0 Å². The molecule has 0 aliphatic carbocycles. The highest BCUT2D eigenvalue weighted by Gasteiger charge is 2.37. The third-order valence-electron chi connectivity index (χ3n) is 2.23. The summed E-state index contributed by atoms with van der Waals surface area (Å²) in [6.07, 6.45) is -10.0. The SMILES string of the molecule is O=C(O)C(Cl)COc1cc(C(F)(F)F)cc(C(F)(F)F)c1. The van der Waals surface area contributed by atoms with Gasteiger partial charge in [-0.05, 0) is 18.2 Å². The number of aliphatic carboxylic acids is 1. The Balaban J connectivity index is 3.11. The molecule has 1 rings (SSSR count). The quantitative estimate of drug-likeness (QED) is 0.672. The van der Waals surface area contributed by atoms with Gasteiger partial charge in [-0.25, -0.2) is 0 Å². The second-order valence-corrected chi connectivity index (χ2v) is 4.39. The lowest BCUT2D eigenvalue weighted by molar-refractivity contribution is -0.143. The summed E-state index contributed by atoms with van der Waals surface area (Å²) in [7, 11) is 0. The topological polar surface area (TPSA) is 46.5 Å². The van der Waals surface area contributed by atoms with Gasteiger partial charge in [-0.1, -0.05) is 0 Å². The third kappa shape index (κ3) is 5.00. The Morgan fingerprint density at radius 1 is 1.10 bits per heavy atom. The van der Waals surface area contributed by atoms with Gasteiger partial charge in [-0.15, -0.1) is 11.6 Å². The Bertz CT molecular complexity index is 493. The molecule has 0 fully saturated rings. The molecule has 0 aliphatic rings. The highest BCUT2D eigenvalue weighted by molar-refractivity contribution is 6.29. The summed E-state index contributed by atoms with van der Waals surface area (Å²) < 4.78 is 79.7. The summed E-state index contributed by atoms with van der Waals surface area (Å²) in [6, 6.07) is 0.601. The maximum absolute atomic E-state index is 12.5. The fourth-order valence-electron chi connectivity index (χ4n) is 1.25. The van der Waals surface area contributed by atoms with E-state index in [0.717, 1.165) is 0 Å². The Morgan fingerprint density at radius 2 is 1.52 bits per heavy atom. The minimum atomic E-state index is -5.01. The predicted octanol–water partition coefficient (Wildman–Crippen LogP) is 3.80. The molecule has 21 heavy (non-hydrogen) atoms. The number of ether oxygens (including phenoxy) is 1. The van der Waals surface area contributed by atoms with Crippen molar-refractivity contribution in [1.82, 2.24) is 0 Å². The zero-order valence-electron chi connectivity index (χ0n) is 9.93. The van der Waals surface area contributed by atoms with E-state index < -0.39 is 47.2 Å². The maximum Gasteiger partial charge on any atom is 0.416 e. The molecule has 10 heteroatoms. The van der Waals surface area contributed by atoms with E-state index in [-0.39, 0.29) is 6.07 Å². The first kappa shape index (κ1) is 17.4. The van der Waals surface area contributed by atoms with Crippen molar-refractivity contribution in [3.63, 3.8) is 0 Å². The Labute approximate surface area is 119 Å². The van der Waals surface area contributed by atoms with E-state index in [9.17, 15) is 31.1 Å². The smallest absolute Gasteiger partial charge is 0.416 e. The van der Waals surface area contributed by atoms with Gasteiger partial charge in [-0.3, -0.25) is 4.79 Å². The molecule has 1 atom stereocenters. The first-order chi connectivity index (χ1) is 9.41. The minimum absolute atomic E-state index is 0.0672. The van der Waals surface area contributed by atoms with Crippen molar-refractivity contribution in [3.05, 3.63) is 29.3 Å². The normalized spacial score (nSPS) is 13.9. The average Bonchev–Trinajstić information content (AvgIpc) is 2.33. The summed E-state index contributed by atoms with van der Waals surface area (Å²) in [4.78, 5) is 10.4. The number of benzene rings is 1. The van der Waals surface area contributed by atoms with Gasteiger partial charge in [0.2, 0.25) is 0 Å². The lowest BCUT2D eigenvalue weighted by Gasteiger charge is -2.15. The molecule has 0 saturated heterocycles. The second kappa shape index (κ2) is 6.00. The fourth-order valence-corrected chi connectivity index (χ4v) is 1.31. The summed E-state index contributed by atoms with van der Waals surface area (Å²) in [5.41, 5.74) is -3.12. The third-order valence-corrected chi connectivity index (χ3v) is 2.54. The van der Waals surface area contributed by atoms with Crippen LogP contribution in [0.5, 0.6) is 5.75 Å². The summed E-state index contributed by atoms with van der Waals surface area (Å²) >= 11 is 5.26. The molecule has 0 amide bonds. The number of hydrogen-bond acceptors (Lipinski definition) is 2. The van der Waals surface area contributed by atoms with E-state index in [1.807, 2.05) is 0 Å². The van der Waals surface area contributed by atoms with Gasteiger partial charge in [0.05, 0.1) is 11.1 Å². The van der Waals surface area contributed by atoms with E-state index in [2.05, 4.69) is 4.74 Å². The Kier molecular flexibility index (Phi) is 4.98. The average molecular weight is 337 g/mol. The summed E-state index contributed by atoms with van der Waals surface area (Å²) in [5, 5.41) is 6.85. The molecular weight excluding hydrogens is 330 g/mol. The molecule has 118 valence electrons. The van der Waals surface area contributed by atoms with Crippen LogP contribution in [0.15, 0.2) is 18.2 Å². The van der Waals surface area contributed by atoms with Crippen LogP contribution in [0.3, 0.4) is 0 Å². The van der Waals surface area contributed by atoms with Gasteiger partial charge in [0.25, 0.3) is 0 Å². The molecule has 0 heterocycles. The zero-order chi connectivity index (χ0) is 16.4. The molecule has 0 saturated carbocycles. The molecule has 1 unspecified atom stereocenters. The second-order valence-electron chi connectivity index (χ2n) is 3.86. The number of rotatable bonds is 4. The van der Waals surface area contributed by atoms with Crippen molar-refractivity contribution in [2.45, 2.75) is 17.7 Å². The van der Waals surface area contributed by atoms with Crippen LogP contribution in [-0.2, 0) is 17.1 Å². The van der Waals surface area contributed by atoms with E-state index in [0.29, 0.717) is 12.1 Å². The Hall–Kier alpha value is -1.64. The van der Waals surface area contributed by atoms with Crippen LogP contribution in [0, 0.1) is 0 Å². The first-order valence-corrected chi connectivity index (χ1v) is 5.64. The molecule has 0 aliphatic heterocycles. The van der Waals surface area contributed by atoms with Crippen LogP contribution < -0.4 is 4.74 Å². The zero-order valence-corrected chi connectivity index (χ0v) is 10.7. The highest BCUT2D eigenvalue weighted by atomic mass is 35.5. The van der Waals surface area contributed by atoms with Crippen molar-refractivity contribution in [2.75, 3.05) is 6.61 Å². The number of alkyl halides is 7. The fraction of sp³-hybridized carbons (Fsp3) is 0.364. The molecule has 1 aromatic rings. The first-order valence-electron chi connectivity index (χ1n) is 5.20. The molecular formula is C11H7ClF6O3. The van der Waals surface area contributed by atoms with Crippen LogP contribution in [0.1, 0.15) is 11.1 Å². The van der Waals surface area contributed by atoms with E-state index in [1.165, 1.54) is 0 Å². The minimum Gasteiger partial charge on any atom is -0.491 e. The molecule has 3 nitrogen and oxygen atoms in total. The van der Waals surface area contributed by atoms with Crippen molar-refractivity contribution >= 4 is 17.6 Å². The molecule has 0 radical (unpaired) electrons. The molecule has 0 spiro atoms. The summed E-state index contributed by atoms with van der Waals surface area (Å²) in [5.74, 6) is -2.29. The number of carboxylic acids is 1. The van der Waals surface area contributed by atoms with Gasteiger partial charge >= 0.3 is 18.3 Å². The number of hydrogen-bond donors (Lipinski definition) is 1.